The summed E-state index contributed by atoms with van der Waals surface area (Å²) in [7, 11) is 0. The SMILES string of the molecule is CC(C)(C)OC(=O)N[C@@H](CCCCNC(=O)C1=CC=CC=CC=C1)C(=O)O. The predicted molar refractivity (Wildman–Crippen MR) is 103 cm³/mol. The maximum absolute atomic E-state index is 12.1. The Balaban J connectivity index is 2.34. The van der Waals surface area contributed by atoms with Gasteiger partial charge in [-0.15, -0.1) is 0 Å². The topological polar surface area (TPSA) is 105 Å². The van der Waals surface area contributed by atoms with Crippen LogP contribution < -0.4 is 10.6 Å². The molecule has 0 heterocycles. The zero-order chi connectivity index (χ0) is 20.3. The number of amides is 2. The van der Waals surface area contributed by atoms with Crippen LogP contribution in [0.5, 0.6) is 0 Å². The quantitative estimate of drug-likeness (QED) is 0.565. The average Bonchev–Trinajstić information content (AvgIpc) is 2.50. The van der Waals surface area contributed by atoms with Gasteiger partial charge in [-0.1, -0.05) is 30.4 Å². The Morgan fingerprint density at radius 3 is 2.41 bits per heavy atom. The third-order valence-electron chi connectivity index (χ3n) is 3.45. The van der Waals surface area contributed by atoms with Crippen LogP contribution in [0.25, 0.3) is 0 Å². The van der Waals surface area contributed by atoms with Gasteiger partial charge >= 0.3 is 12.1 Å². The van der Waals surface area contributed by atoms with Crippen molar-refractivity contribution in [1.29, 1.82) is 0 Å². The molecule has 0 bridgehead atoms. The van der Waals surface area contributed by atoms with E-state index < -0.39 is 23.7 Å². The van der Waals surface area contributed by atoms with Gasteiger partial charge in [-0.05, 0) is 52.2 Å². The van der Waals surface area contributed by atoms with Crippen LogP contribution >= 0.6 is 0 Å². The van der Waals surface area contributed by atoms with Crippen molar-refractivity contribution >= 4 is 18.0 Å². The molecule has 148 valence electrons. The smallest absolute Gasteiger partial charge is 0.408 e. The van der Waals surface area contributed by atoms with E-state index in [-0.39, 0.29) is 12.3 Å². The van der Waals surface area contributed by atoms with Crippen molar-refractivity contribution in [3.63, 3.8) is 0 Å². The van der Waals surface area contributed by atoms with E-state index >= 15 is 0 Å². The first-order valence-corrected chi connectivity index (χ1v) is 8.91. The summed E-state index contributed by atoms with van der Waals surface area (Å²) in [6.07, 6.45) is 13.2. The molecule has 7 nitrogen and oxygen atoms in total. The van der Waals surface area contributed by atoms with E-state index in [2.05, 4.69) is 10.6 Å². The highest BCUT2D eigenvalue weighted by Crippen LogP contribution is 2.08. The van der Waals surface area contributed by atoms with E-state index in [1.165, 1.54) is 0 Å². The second kappa shape index (κ2) is 11.0. The first-order valence-electron chi connectivity index (χ1n) is 8.91. The van der Waals surface area contributed by atoms with Gasteiger partial charge in [-0.25, -0.2) is 9.59 Å². The highest BCUT2D eigenvalue weighted by molar-refractivity contribution is 5.96. The fourth-order valence-electron chi connectivity index (χ4n) is 2.20. The van der Waals surface area contributed by atoms with Crippen LogP contribution in [0.1, 0.15) is 40.0 Å². The molecule has 0 aromatic carbocycles. The zero-order valence-corrected chi connectivity index (χ0v) is 16.0. The summed E-state index contributed by atoms with van der Waals surface area (Å²) in [5.41, 5.74) is -0.145. The van der Waals surface area contributed by atoms with Crippen molar-refractivity contribution in [1.82, 2.24) is 10.6 Å². The number of unbranched alkanes of at least 4 members (excludes halogenated alkanes) is 1. The van der Waals surface area contributed by atoms with E-state index in [0.717, 1.165) is 0 Å². The maximum atomic E-state index is 12.1. The van der Waals surface area contributed by atoms with Gasteiger partial charge in [0.25, 0.3) is 5.91 Å². The Labute approximate surface area is 159 Å². The molecule has 1 aliphatic rings. The molecule has 7 heteroatoms. The highest BCUT2D eigenvalue weighted by atomic mass is 16.6. The van der Waals surface area contributed by atoms with E-state index in [1.807, 2.05) is 18.2 Å². The number of aliphatic carboxylic acids is 1. The van der Waals surface area contributed by atoms with Crippen LogP contribution in [0.2, 0.25) is 0 Å². The summed E-state index contributed by atoms with van der Waals surface area (Å²) in [6, 6.07) is -1.02. The molecule has 0 spiro atoms. The lowest BCUT2D eigenvalue weighted by molar-refractivity contribution is -0.139. The fraction of sp³-hybridized carbons (Fsp3) is 0.450. The Morgan fingerprint density at radius 1 is 1.07 bits per heavy atom. The minimum absolute atomic E-state index is 0.187. The number of allylic oxidation sites excluding steroid dienone is 6. The minimum Gasteiger partial charge on any atom is -0.480 e. The van der Waals surface area contributed by atoms with Gasteiger partial charge < -0.3 is 20.5 Å². The summed E-state index contributed by atoms with van der Waals surface area (Å²) >= 11 is 0. The van der Waals surface area contributed by atoms with E-state index in [1.54, 1.807) is 45.1 Å². The molecule has 1 atom stereocenters. The van der Waals surface area contributed by atoms with Gasteiger partial charge in [0, 0.05) is 12.1 Å². The molecule has 1 aliphatic carbocycles. The second-order valence-corrected chi connectivity index (χ2v) is 7.04. The molecule has 3 N–H and O–H groups in total. The van der Waals surface area contributed by atoms with Crippen LogP contribution in [-0.2, 0) is 14.3 Å². The predicted octanol–water partition coefficient (Wildman–Crippen LogP) is 2.86. The van der Waals surface area contributed by atoms with Crippen LogP contribution in [0, 0.1) is 0 Å². The molecule has 0 unspecified atom stereocenters. The molecule has 0 fully saturated rings. The molecule has 2 amide bonds. The van der Waals surface area contributed by atoms with Gasteiger partial charge in [0.1, 0.15) is 11.6 Å². The molecule has 0 saturated carbocycles. The van der Waals surface area contributed by atoms with Crippen molar-refractivity contribution in [2.45, 2.75) is 51.7 Å². The molecule has 0 radical (unpaired) electrons. The summed E-state index contributed by atoms with van der Waals surface area (Å²) in [6.45, 7) is 5.54. The molecule has 0 aromatic heterocycles. The summed E-state index contributed by atoms with van der Waals surface area (Å²) in [4.78, 5) is 35.1. The Kier molecular flexibility index (Phi) is 9.05. The number of carboxylic acids is 1. The van der Waals surface area contributed by atoms with Gasteiger partial charge in [-0.2, -0.15) is 0 Å². The van der Waals surface area contributed by atoms with Crippen molar-refractivity contribution in [2.24, 2.45) is 0 Å². The largest absolute Gasteiger partial charge is 0.480 e. The molecule has 0 aliphatic heterocycles. The lowest BCUT2D eigenvalue weighted by Crippen LogP contribution is -2.43. The van der Waals surface area contributed by atoms with Crippen LogP contribution in [0.3, 0.4) is 0 Å². The van der Waals surface area contributed by atoms with E-state index in [0.29, 0.717) is 25.0 Å². The standard InChI is InChI=1S/C20H28N2O5/c1-20(2,3)27-19(26)22-16(18(24)25)13-9-10-14-21-17(23)15-11-7-5-4-6-8-12-15/h4-8,11-12,16H,9-10,13-14H2,1-3H3,(H,21,23)(H,22,26)(H,24,25)/t16-/m0/s1. The van der Waals surface area contributed by atoms with E-state index in [4.69, 9.17) is 4.74 Å². The van der Waals surface area contributed by atoms with Crippen molar-refractivity contribution < 1.29 is 24.2 Å². The maximum Gasteiger partial charge on any atom is 0.408 e. The number of hydrogen-bond donors (Lipinski definition) is 3. The highest BCUT2D eigenvalue weighted by Gasteiger charge is 2.23. The third kappa shape index (κ3) is 10.0. The first-order chi connectivity index (χ1) is 12.7. The van der Waals surface area contributed by atoms with Crippen LogP contribution in [-0.4, -0.2) is 41.3 Å². The van der Waals surface area contributed by atoms with Gasteiger partial charge in [0.15, 0.2) is 0 Å². The number of carbonyl (C=O) groups is 3. The van der Waals surface area contributed by atoms with Gasteiger partial charge in [0.2, 0.25) is 0 Å². The number of rotatable bonds is 8. The molecular weight excluding hydrogens is 348 g/mol. The second-order valence-electron chi connectivity index (χ2n) is 7.04. The number of carboxylic acid groups (broad SMARTS) is 1. The summed E-state index contributed by atoms with van der Waals surface area (Å²) in [5, 5.41) is 14.4. The minimum atomic E-state index is -1.12. The summed E-state index contributed by atoms with van der Waals surface area (Å²) < 4.78 is 5.07. The van der Waals surface area contributed by atoms with Gasteiger partial charge in [-0.3, -0.25) is 4.79 Å². The van der Waals surface area contributed by atoms with E-state index in [9.17, 15) is 19.5 Å². The number of carbonyl (C=O) groups excluding carboxylic acids is 2. The Morgan fingerprint density at radius 2 is 1.74 bits per heavy atom. The number of nitrogens with one attached hydrogen (secondary N) is 2. The molecular formula is C20H28N2O5. The molecule has 0 aromatic rings. The normalized spacial score (nSPS) is 14.6. The first kappa shape index (κ1) is 22.2. The fourth-order valence-corrected chi connectivity index (χ4v) is 2.20. The molecule has 1 rings (SSSR count). The zero-order valence-electron chi connectivity index (χ0n) is 16.0. The molecule has 0 saturated heterocycles. The van der Waals surface area contributed by atoms with Crippen LogP contribution in [0.15, 0.2) is 48.1 Å². The Bertz CT molecular complexity index is 654. The van der Waals surface area contributed by atoms with Crippen molar-refractivity contribution in [3.05, 3.63) is 48.1 Å². The number of alkyl carbamates (subject to hydrolysis) is 1. The monoisotopic (exact) mass is 376 g/mol. The average molecular weight is 376 g/mol. The Hall–Kier alpha value is -2.83. The molecule has 27 heavy (non-hydrogen) atoms. The lowest BCUT2D eigenvalue weighted by atomic mass is 10.1. The van der Waals surface area contributed by atoms with Gasteiger partial charge in [0.05, 0.1) is 0 Å². The number of hydrogen-bond acceptors (Lipinski definition) is 4. The third-order valence-corrected chi connectivity index (χ3v) is 3.45. The van der Waals surface area contributed by atoms with Crippen LogP contribution in [0.4, 0.5) is 4.79 Å². The summed E-state index contributed by atoms with van der Waals surface area (Å²) in [5.74, 6) is -1.30. The lowest BCUT2D eigenvalue weighted by Gasteiger charge is -2.22. The van der Waals surface area contributed by atoms with Crippen molar-refractivity contribution in [3.8, 4) is 0 Å². The van der Waals surface area contributed by atoms with Crippen molar-refractivity contribution in [2.75, 3.05) is 6.54 Å². The number of ether oxygens (including phenoxy) is 1.